The lowest BCUT2D eigenvalue weighted by molar-refractivity contribution is 0.223. The molecule has 16 heavy (non-hydrogen) atoms. The van der Waals surface area contributed by atoms with Gasteiger partial charge in [0.1, 0.15) is 5.75 Å². The van der Waals surface area contributed by atoms with Crippen LogP contribution in [0.2, 0.25) is 0 Å². The predicted octanol–water partition coefficient (Wildman–Crippen LogP) is 1.50. The Morgan fingerprint density at radius 1 is 1.44 bits per heavy atom. The third-order valence-electron chi connectivity index (χ3n) is 2.96. The maximum Gasteiger partial charge on any atom is 0.119 e. The van der Waals surface area contributed by atoms with Crippen molar-refractivity contribution in [3.05, 3.63) is 29.3 Å². The minimum Gasteiger partial charge on any atom is -0.497 e. The lowest BCUT2D eigenvalue weighted by Crippen LogP contribution is -2.18. The normalized spacial score (nSPS) is 12.5. The Labute approximate surface area is 97.2 Å². The van der Waals surface area contributed by atoms with Crippen LogP contribution in [-0.2, 0) is 6.42 Å². The number of nitrogens with two attached hydrogens (primary N) is 1. The molecule has 0 saturated heterocycles. The topological polar surface area (TPSA) is 55.5 Å². The average Bonchev–Trinajstić information content (AvgIpc) is 2.32. The number of aliphatic hydroxyl groups is 1. The van der Waals surface area contributed by atoms with Crippen LogP contribution in [0, 0.1) is 12.8 Å². The molecule has 90 valence electrons. The van der Waals surface area contributed by atoms with Crippen LogP contribution in [0.15, 0.2) is 18.2 Å². The second-order valence-corrected chi connectivity index (χ2v) is 4.12. The Morgan fingerprint density at radius 2 is 2.19 bits per heavy atom. The van der Waals surface area contributed by atoms with Crippen molar-refractivity contribution in [1.29, 1.82) is 0 Å². The number of aliphatic hydroxyl groups excluding tert-OH is 1. The molecule has 0 aliphatic rings. The van der Waals surface area contributed by atoms with Crippen molar-refractivity contribution in [2.24, 2.45) is 11.7 Å². The molecule has 1 rings (SSSR count). The first-order valence-electron chi connectivity index (χ1n) is 5.65. The molecule has 1 aromatic carbocycles. The van der Waals surface area contributed by atoms with E-state index >= 15 is 0 Å². The van der Waals surface area contributed by atoms with Crippen molar-refractivity contribution in [2.75, 3.05) is 20.3 Å². The van der Waals surface area contributed by atoms with Gasteiger partial charge in [0.15, 0.2) is 0 Å². The van der Waals surface area contributed by atoms with Crippen molar-refractivity contribution in [3.8, 4) is 5.75 Å². The standard InChI is InChI=1S/C13H21NO2/c1-10-7-13(16-2)6-5-12(10)4-3-11(8-14)9-15/h5-7,11,15H,3-4,8-9,14H2,1-2H3. The maximum absolute atomic E-state index is 9.06. The quantitative estimate of drug-likeness (QED) is 0.768. The van der Waals surface area contributed by atoms with E-state index in [1.807, 2.05) is 12.1 Å². The summed E-state index contributed by atoms with van der Waals surface area (Å²) >= 11 is 0. The monoisotopic (exact) mass is 223 g/mol. The molecule has 1 aromatic rings. The first-order chi connectivity index (χ1) is 7.71. The molecule has 0 heterocycles. The van der Waals surface area contributed by atoms with Crippen LogP contribution in [-0.4, -0.2) is 25.4 Å². The highest BCUT2D eigenvalue weighted by molar-refractivity contribution is 5.34. The van der Waals surface area contributed by atoms with Gasteiger partial charge in [0.2, 0.25) is 0 Å². The van der Waals surface area contributed by atoms with Gasteiger partial charge in [-0.3, -0.25) is 0 Å². The van der Waals surface area contributed by atoms with Gasteiger partial charge in [-0.2, -0.15) is 0 Å². The summed E-state index contributed by atoms with van der Waals surface area (Å²) in [5, 5.41) is 9.06. The van der Waals surface area contributed by atoms with Gasteiger partial charge in [0.25, 0.3) is 0 Å². The molecular weight excluding hydrogens is 202 g/mol. The van der Waals surface area contributed by atoms with Crippen LogP contribution in [0.4, 0.5) is 0 Å². The highest BCUT2D eigenvalue weighted by Crippen LogP contribution is 2.19. The van der Waals surface area contributed by atoms with Gasteiger partial charge in [0.05, 0.1) is 7.11 Å². The molecule has 0 aliphatic heterocycles. The summed E-state index contributed by atoms with van der Waals surface area (Å²) in [6, 6.07) is 6.09. The zero-order valence-electron chi connectivity index (χ0n) is 10.1. The summed E-state index contributed by atoms with van der Waals surface area (Å²) in [6.07, 6.45) is 1.89. The Bertz CT molecular complexity index is 322. The van der Waals surface area contributed by atoms with Gasteiger partial charge in [0, 0.05) is 6.61 Å². The molecule has 1 atom stereocenters. The molecule has 3 heteroatoms. The summed E-state index contributed by atoms with van der Waals surface area (Å²) < 4.78 is 5.16. The van der Waals surface area contributed by atoms with E-state index in [0.717, 1.165) is 18.6 Å². The fourth-order valence-electron chi connectivity index (χ4n) is 1.72. The van der Waals surface area contributed by atoms with Crippen LogP contribution in [0.1, 0.15) is 17.5 Å². The van der Waals surface area contributed by atoms with E-state index in [4.69, 9.17) is 15.6 Å². The molecule has 1 unspecified atom stereocenters. The second-order valence-electron chi connectivity index (χ2n) is 4.12. The van der Waals surface area contributed by atoms with E-state index in [0.29, 0.717) is 6.54 Å². The molecule has 3 N–H and O–H groups in total. The number of aryl methyl sites for hydroxylation is 2. The van der Waals surface area contributed by atoms with Gasteiger partial charge in [-0.15, -0.1) is 0 Å². The molecule has 3 nitrogen and oxygen atoms in total. The van der Waals surface area contributed by atoms with Crippen molar-refractivity contribution in [2.45, 2.75) is 19.8 Å². The summed E-state index contributed by atoms with van der Waals surface area (Å²) in [5.74, 6) is 1.10. The number of benzene rings is 1. The molecule has 0 aliphatic carbocycles. The summed E-state index contributed by atoms with van der Waals surface area (Å²) in [5.41, 5.74) is 8.08. The highest BCUT2D eigenvalue weighted by atomic mass is 16.5. The fourth-order valence-corrected chi connectivity index (χ4v) is 1.72. The molecule has 0 fully saturated rings. The van der Waals surface area contributed by atoms with Crippen LogP contribution in [0.3, 0.4) is 0 Å². The average molecular weight is 223 g/mol. The zero-order chi connectivity index (χ0) is 12.0. The van der Waals surface area contributed by atoms with Gasteiger partial charge in [-0.1, -0.05) is 6.07 Å². The van der Waals surface area contributed by atoms with Crippen LogP contribution >= 0.6 is 0 Å². The van der Waals surface area contributed by atoms with Gasteiger partial charge in [-0.05, 0) is 55.5 Å². The Balaban J connectivity index is 2.60. The van der Waals surface area contributed by atoms with Crippen molar-refractivity contribution in [3.63, 3.8) is 0 Å². The van der Waals surface area contributed by atoms with E-state index in [9.17, 15) is 0 Å². The Morgan fingerprint density at radius 3 is 2.69 bits per heavy atom. The van der Waals surface area contributed by atoms with Crippen LogP contribution < -0.4 is 10.5 Å². The molecule has 0 radical (unpaired) electrons. The smallest absolute Gasteiger partial charge is 0.119 e. The minimum absolute atomic E-state index is 0.172. The van der Waals surface area contributed by atoms with E-state index in [1.165, 1.54) is 11.1 Å². The number of ether oxygens (including phenoxy) is 1. The molecule has 0 bridgehead atoms. The van der Waals surface area contributed by atoms with E-state index in [2.05, 4.69) is 13.0 Å². The summed E-state index contributed by atoms with van der Waals surface area (Å²) in [6.45, 7) is 2.80. The van der Waals surface area contributed by atoms with Crippen LogP contribution in [0.25, 0.3) is 0 Å². The lowest BCUT2D eigenvalue weighted by Gasteiger charge is -2.13. The first-order valence-corrected chi connectivity index (χ1v) is 5.65. The van der Waals surface area contributed by atoms with E-state index in [1.54, 1.807) is 7.11 Å². The second kappa shape index (κ2) is 6.51. The molecule has 0 saturated carbocycles. The van der Waals surface area contributed by atoms with Crippen molar-refractivity contribution >= 4 is 0 Å². The molecular formula is C13H21NO2. The van der Waals surface area contributed by atoms with Gasteiger partial charge < -0.3 is 15.6 Å². The maximum atomic E-state index is 9.06. The molecule has 0 spiro atoms. The first kappa shape index (κ1) is 13.0. The highest BCUT2D eigenvalue weighted by Gasteiger charge is 2.07. The van der Waals surface area contributed by atoms with Gasteiger partial charge in [-0.25, -0.2) is 0 Å². The number of rotatable bonds is 6. The summed E-state index contributed by atoms with van der Waals surface area (Å²) in [7, 11) is 1.67. The summed E-state index contributed by atoms with van der Waals surface area (Å²) in [4.78, 5) is 0. The zero-order valence-corrected chi connectivity index (χ0v) is 10.1. The van der Waals surface area contributed by atoms with Crippen molar-refractivity contribution < 1.29 is 9.84 Å². The number of hydrogen-bond donors (Lipinski definition) is 2. The lowest BCUT2D eigenvalue weighted by atomic mass is 9.97. The van der Waals surface area contributed by atoms with E-state index in [-0.39, 0.29) is 12.5 Å². The largest absolute Gasteiger partial charge is 0.497 e. The van der Waals surface area contributed by atoms with Gasteiger partial charge >= 0.3 is 0 Å². The van der Waals surface area contributed by atoms with Crippen molar-refractivity contribution in [1.82, 2.24) is 0 Å². The minimum atomic E-state index is 0.172. The molecule has 0 amide bonds. The Hall–Kier alpha value is -1.06. The SMILES string of the molecule is COc1ccc(CCC(CN)CO)c(C)c1. The van der Waals surface area contributed by atoms with Crippen LogP contribution in [0.5, 0.6) is 5.75 Å². The number of hydrogen-bond acceptors (Lipinski definition) is 3. The predicted molar refractivity (Wildman–Crippen MR) is 65.7 cm³/mol. The number of methoxy groups -OCH3 is 1. The fraction of sp³-hybridized carbons (Fsp3) is 0.538. The third kappa shape index (κ3) is 3.51. The molecule has 0 aromatic heterocycles. The third-order valence-corrected chi connectivity index (χ3v) is 2.96. The Kier molecular flexibility index (Phi) is 5.29. The van der Waals surface area contributed by atoms with E-state index < -0.39 is 0 Å².